The Morgan fingerprint density at radius 2 is 1.80 bits per heavy atom. The topological polar surface area (TPSA) is 29.1 Å². The molecule has 0 heterocycles. The lowest BCUT2D eigenvalue weighted by Gasteiger charge is -2.17. The Bertz CT molecular complexity index is 601. The van der Waals surface area contributed by atoms with Crippen LogP contribution >= 0.6 is 47.8 Å². The molecule has 1 amide bonds. The Hall–Kier alpha value is -0.650. The molecule has 104 valence electrons. The van der Waals surface area contributed by atoms with Gasteiger partial charge in [0, 0.05) is 14.3 Å². The molecule has 0 bridgehead atoms. The fraction of sp³-hybridized carbons (Fsp3) is 0.133. The zero-order chi connectivity index (χ0) is 14.5. The molecule has 2 nitrogen and oxygen atoms in total. The highest BCUT2D eigenvalue weighted by Crippen LogP contribution is 2.23. The van der Waals surface area contributed by atoms with Crippen LogP contribution in [0.4, 0.5) is 0 Å². The summed E-state index contributed by atoms with van der Waals surface area (Å²) in [6.07, 6.45) is 0. The van der Waals surface area contributed by atoms with E-state index >= 15 is 0 Å². The fourth-order valence-electron chi connectivity index (χ4n) is 1.80. The van der Waals surface area contributed by atoms with Crippen LogP contribution in [0.1, 0.15) is 22.0 Å². The van der Waals surface area contributed by atoms with Gasteiger partial charge >= 0.3 is 0 Å². The molecule has 0 aliphatic rings. The number of rotatable bonds is 4. The second-order valence-electron chi connectivity index (χ2n) is 4.22. The molecule has 5 heteroatoms. The van der Waals surface area contributed by atoms with E-state index in [1.807, 2.05) is 42.5 Å². The summed E-state index contributed by atoms with van der Waals surface area (Å²) in [7, 11) is 0. The van der Waals surface area contributed by atoms with Gasteiger partial charge in [0.05, 0.1) is 11.6 Å². The first kappa shape index (κ1) is 15.7. The second kappa shape index (κ2) is 7.38. The van der Waals surface area contributed by atoms with Gasteiger partial charge in [0.15, 0.2) is 0 Å². The van der Waals surface area contributed by atoms with E-state index in [1.54, 1.807) is 6.07 Å². The Labute approximate surface area is 143 Å². The molecule has 1 atom stereocenters. The summed E-state index contributed by atoms with van der Waals surface area (Å²) >= 11 is 10.2. The largest absolute Gasteiger partial charge is 0.344 e. The van der Waals surface area contributed by atoms with E-state index in [1.165, 1.54) is 0 Å². The van der Waals surface area contributed by atoms with Crippen LogP contribution in [0.5, 0.6) is 0 Å². The molecule has 0 aromatic heterocycles. The number of carbonyl (C=O) groups is 1. The van der Waals surface area contributed by atoms with Gasteiger partial charge in [-0.15, -0.1) is 0 Å². The van der Waals surface area contributed by atoms with Crippen molar-refractivity contribution in [2.45, 2.75) is 6.04 Å². The van der Waals surface area contributed by atoms with Gasteiger partial charge in [0.25, 0.3) is 5.91 Å². The summed E-state index contributed by atoms with van der Waals surface area (Å²) in [5, 5.41) is 3.69. The highest BCUT2D eigenvalue weighted by atomic mass is 79.9. The van der Waals surface area contributed by atoms with Crippen LogP contribution in [0.25, 0.3) is 0 Å². The molecule has 0 aliphatic heterocycles. The van der Waals surface area contributed by atoms with Crippen molar-refractivity contribution >= 4 is 53.7 Å². The molecule has 2 aromatic rings. The van der Waals surface area contributed by atoms with Crippen LogP contribution in [0.3, 0.4) is 0 Å². The quantitative estimate of drug-likeness (QED) is 0.632. The third-order valence-corrected chi connectivity index (χ3v) is 4.67. The van der Waals surface area contributed by atoms with E-state index in [9.17, 15) is 4.79 Å². The summed E-state index contributed by atoms with van der Waals surface area (Å²) < 4.78 is 1.65. The number of amides is 1. The SMILES string of the molecule is O=C(NC(CBr)c1ccccc1)c1cc(Br)ccc1Br. The lowest BCUT2D eigenvalue weighted by atomic mass is 10.1. The first-order valence-electron chi connectivity index (χ1n) is 5.98. The Kier molecular flexibility index (Phi) is 5.81. The van der Waals surface area contributed by atoms with Crippen LogP contribution in [-0.4, -0.2) is 11.2 Å². The number of halogens is 3. The van der Waals surface area contributed by atoms with Crippen molar-refractivity contribution in [3.05, 3.63) is 68.6 Å². The molecule has 2 rings (SSSR count). The van der Waals surface area contributed by atoms with Crippen molar-refractivity contribution in [3.63, 3.8) is 0 Å². The number of benzene rings is 2. The van der Waals surface area contributed by atoms with Crippen LogP contribution in [0.2, 0.25) is 0 Å². The van der Waals surface area contributed by atoms with E-state index in [4.69, 9.17) is 0 Å². The smallest absolute Gasteiger partial charge is 0.252 e. The zero-order valence-corrected chi connectivity index (χ0v) is 15.2. The first-order chi connectivity index (χ1) is 9.61. The molecular weight excluding hydrogens is 450 g/mol. The van der Waals surface area contributed by atoms with Crippen molar-refractivity contribution in [3.8, 4) is 0 Å². The molecule has 0 saturated heterocycles. The number of hydrogen-bond donors (Lipinski definition) is 1. The van der Waals surface area contributed by atoms with Crippen LogP contribution in [0, 0.1) is 0 Å². The lowest BCUT2D eigenvalue weighted by Crippen LogP contribution is -2.29. The summed E-state index contributed by atoms with van der Waals surface area (Å²) in [4.78, 5) is 12.4. The molecule has 0 aliphatic carbocycles. The maximum Gasteiger partial charge on any atom is 0.252 e. The molecule has 0 spiro atoms. The monoisotopic (exact) mass is 459 g/mol. The summed E-state index contributed by atoms with van der Waals surface area (Å²) in [6.45, 7) is 0. The summed E-state index contributed by atoms with van der Waals surface area (Å²) in [5.74, 6) is -0.105. The van der Waals surface area contributed by atoms with Gasteiger partial charge in [-0.25, -0.2) is 0 Å². The number of hydrogen-bond acceptors (Lipinski definition) is 1. The van der Waals surface area contributed by atoms with Crippen LogP contribution in [-0.2, 0) is 0 Å². The van der Waals surface area contributed by atoms with E-state index in [0.29, 0.717) is 10.9 Å². The number of nitrogens with one attached hydrogen (secondary N) is 1. The fourth-order valence-corrected chi connectivity index (χ4v) is 3.13. The Balaban J connectivity index is 2.20. The van der Waals surface area contributed by atoms with Gasteiger partial charge in [0.1, 0.15) is 0 Å². The molecule has 20 heavy (non-hydrogen) atoms. The molecule has 0 saturated carbocycles. The summed E-state index contributed by atoms with van der Waals surface area (Å²) in [5.41, 5.74) is 1.69. The van der Waals surface area contributed by atoms with Gasteiger partial charge in [-0.2, -0.15) is 0 Å². The lowest BCUT2D eigenvalue weighted by molar-refractivity contribution is 0.0940. The number of alkyl halides is 1. The second-order valence-corrected chi connectivity index (χ2v) is 6.63. The van der Waals surface area contributed by atoms with E-state index in [0.717, 1.165) is 14.5 Å². The van der Waals surface area contributed by atoms with E-state index in [2.05, 4.69) is 53.1 Å². The maximum atomic E-state index is 12.4. The van der Waals surface area contributed by atoms with Gasteiger partial charge in [-0.3, -0.25) is 4.79 Å². The zero-order valence-electron chi connectivity index (χ0n) is 10.4. The minimum atomic E-state index is -0.105. The van der Waals surface area contributed by atoms with Crippen molar-refractivity contribution in [2.75, 3.05) is 5.33 Å². The average Bonchev–Trinajstić information content (AvgIpc) is 2.48. The first-order valence-corrected chi connectivity index (χ1v) is 8.69. The highest BCUT2D eigenvalue weighted by Gasteiger charge is 2.16. The minimum absolute atomic E-state index is 0.0606. The van der Waals surface area contributed by atoms with Crippen molar-refractivity contribution in [1.82, 2.24) is 5.32 Å². The van der Waals surface area contributed by atoms with Gasteiger partial charge in [-0.1, -0.05) is 62.2 Å². The Morgan fingerprint density at radius 1 is 1.10 bits per heavy atom. The third kappa shape index (κ3) is 3.93. The standard InChI is InChI=1S/C15H12Br3NO/c16-9-14(10-4-2-1-3-5-10)19-15(20)12-8-11(17)6-7-13(12)18/h1-8,14H,9H2,(H,19,20). The van der Waals surface area contributed by atoms with Crippen molar-refractivity contribution < 1.29 is 4.79 Å². The maximum absolute atomic E-state index is 12.4. The molecular formula is C15H12Br3NO. The third-order valence-electron chi connectivity index (χ3n) is 2.83. The summed E-state index contributed by atoms with van der Waals surface area (Å²) in [6, 6.07) is 15.4. The van der Waals surface area contributed by atoms with Crippen molar-refractivity contribution in [1.29, 1.82) is 0 Å². The number of carbonyl (C=O) groups excluding carboxylic acids is 1. The molecule has 0 radical (unpaired) electrons. The molecule has 2 aromatic carbocycles. The predicted octanol–water partition coefficient (Wildman–Crippen LogP) is 5.08. The van der Waals surface area contributed by atoms with Gasteiger partial charge in [-0.05, 0) is 39.7 Å². The van der Waals surface area contributed by atoms with Gasteiger partial charge in [0.2, 0.25) is 0 Å². The molecule has 1 unspecified atom stereocenters. The van der Waals surface area contributed by atoms with E-state index < -0.39 is 0 Å². The average molecular weight is 462 g/mol. The van der Waals surface area contributed by atoms with Gasteiger partial charge < -0.3 is 5.32 Å². The van der Waals surface area contributed by atoms with Crippen LogP contribution in [0.15, 0.2) is 57.5 Å². The Morgan fingerprint density at radius 3 is 2.45 bits per heavy atom. The highest BCUT2D eigenvalue weighted by molar-refractivity contribution is 9.11. The molecule has 1 N–H and O–H groups in total. The van der Waals surface area contributed by atoms with E-state index in [-0.39, 0.29) is 11.9 Å². The predicted molar refractivity (Wildman–Crippen MR) is 92.3 cm³/mol. The van der Waals surface area contributed by atoms with Crippen molar-refractivity contribution in [2.24, 2.45) is 0 Å². The normalized spacial score (nSPS) is 11.9. The van der Waals surface area contributed by atoms with Crippen LogP contribution < -0.4 is 5.32 Å². The minimum Gasteiger partial charge on any atom is -0.344 e. The molecule has 0 fully saturated rings.